The van der Waals surface area contributed by atoms with Crippen LogP contribution in [-0.2, 0) is 20.4 Å². The molecule has 1 aliphatic heterocycles. The molecule has 0 radical (unpaired) electrons. The van der Waals surface area contributed by atoms with E-state index in [-0.39, 0.29) is 26.9 Å². The smallest absolute Gasteiger partial charge is 0.275 e. The molecule has 2 aliphatic rings. The lowest BCUT2D eigenvalue weighted by Gasteiger charge is -2.06. The summed E-state index contributed by atoms with van der Waals surface area (Å²) in [6.07, 6.45) is 6.84. The van der Waals surface area contributed by atoms with Crippen molar-refractivity contribution >= 4 is 50.0 Å². The fraction of sp³-hybridized carbons (Fsp3) is 0.316. The number of anilines is 1. The van der Waals surface area contributed by atoms with Crippen molar-refractivity contribution in [2.24, 2.45) is 4.99 Å². The molecule has 28 heavy (non-hydrogen) atoms. The summed E-state index contributed by atoms with van der Waals surface area (Å²) in [6.45, 7) is 0. The Morgan fingerprint density at radius 3 is 2.71 bits per heavy atom. The molecule has 1 fully saturated rings. The van der Waals surface area contributed by atoms with Crippen LogP contribution in [0.4, 0.5) is 5.13 Å². The minimum Gasteiger partial charge on any atom is -0.296 e. The van der Waals surface area contributed by atoms with Crippen LogP contribution in [0.15, 0.2) is 45.2 Å². The molecule has 1 aromatic carbocycles. The monoisotopic (exact) mass is 435 g/mol. The molecule has 4 rings (SSSR count). The van der Waals surface area contributed by atoms with Crippen LogP contribution in [0.5, 0.6) is 0 Å². The Hall–Kier alpha value is -2.03. The van der Waals surface area contributed by atoms with Gasteiger partial charge in [-0.1, -0.05) is 47.2 Å². The van der Waals surface area contributed by atoms with Crippen LogP contribution in [0.3, 0.4) is 0 Å². The predicted molar refractivity (Wildman–Crippen MR) is 111 cm³/mol. The maximum atomic E-state index is 13.1. The van der Waals surface area contributed by atoms with Crippen molar-refractivity contribution in [1.82, 2.24) is 4.98 Å². The molecule has 0 atom stereocenters. The highest BCUT2D eigenvalue weighted by molar-refractivity contribution is 7.92. The third-order valence-electron chi connectivity index (χ3n) is 4.49. The molecule has 6 nitrogen and oxygen atoms in total. The normalized spacial score (nSPS) is 16.7. The standard InChI is InChI=1S/C19H18ClN3O3S2/c20-14-6-2-1-5-13(14)11-28(25,26)18-16(12-8-9-12)22-19(27-18)23-17(24)15-7-3-4-10-21-15/h1-2,5-7,10,12H,3-4,8-9,11H2,(H,22,23,24). The van der Waals surface area contributed by atoms with Gasteiger partial charge in [-0.3, -0.25) is 15.1 Å². The summed E-state index contributed by atoms with van der Waals surface area (Å²) in [4.78, 5) is 20.9. The summed E-state index contributed by atoms with van der Waals surface area (Å²) < 4.78 is 26.4. The van der Waals surface area contributed by atoms with Gasteiger partial charge >= 0.3 is 0 Å². The first kappa shape index (κ1) is 19.3. The van der Waals surface area contributed by atoms with Gasteiger partial charge in [0.15, 0.2) is 15.0 Å². The van der Waals surface area contributed by atoms with E-state index in [2.05, 4.69) is 15.3 Å². The zero-order chi connectivity index (χ0) is 19.7. The summed E-state index contributed by atoms with van der Waals surface area (Å²) >= 11 is 7.14. The van der Waals surface area contributed by atoms with Crippen LogP contribution in [0.1, 0.15) is 42.9 Å². The van der Waals surface area contributed by atoms with Crippen LogP contribution in [0, 0.1) is 0 Å². The first-order valence-corrected chi connectivity index (χ1v) is 11.8. The van der Waals surface area contributed by atoms with Crippen molar-refractivity contribution in [2.75, 3.05) is 5.32 Å². The summed E-state index contributed by atoms with van der Waals surface area (Å²) in [7, 11) is -3.64. The van der Waals surface area contributed by atoms with Crippen LogP contribution >= 0.6 is 22.9 Å². The quantitative estimate of drug-likeness (QED) is 0.731. The molecule has 0 unspecified atom stereocenters. The van der Waals surface area contributed by atoms with E-state index in [4.69, 9.17) is 11.6 Å². The summed E-state index contributed by atoms with van der Waals surface area (Å²) in [6, 6.07) is 6.89. The zero-order valence-electron chi connectivity index (χ0n) is 14.9. The number of sulfone groups is 1. The number of carbonyl (C=O) groups excluding carboxylic acids is 1. The van der Waals surface area contributed by atoms with Crippen LogP contribution in [0.25, 0.3) is 0 Å². The van der Waals surface area contributed by atoms with Crippen LogP contribution < -0.4 is 5.32 Å². The van der Waals surface area contributed by atoms with Crippen molar-refractivity contribution in [3.05, 3.63) is 52.3 Å². The summed E-state index contributed by atoms with van der Waals surface area (Å²) in [5.41, 5.74) is 1.43. The summed E-state index contributed by atoms with van der Waals surface area (Å²) in [5, 5.41) is 3.40. The molecular formula is C19H18ClN3O3S2. The number of carbonyl (C=O) groups is 1. The Morgan fingerprint density at radius 2 is 2.04 bits per heavy atom. The number of nitrogens with one attached hydrogen (secondary N) is 1. The van der Waals surface area contributed by atoms with Crippen molar-refractivity contribution < 1.29 is 13.2 Å². The van der Waals surface area contributed by atoms with E-state index in [0.717, 1.165) is 37.0 Å². The molecule has 1 saturated carbocycles. The van der Waals surface area contributed by atoms with E-state index in [1.54, 1.807) is 36.6 Å². The predicted octanol–water partition coefficient (Wildman–Crippen LogP) is 4.33. The molecule has 146 valence electrons. The number of hydrogen-bond donors (Lipinski definition) is 1. The number of benzene rings is 1. The first-order valence-electron chi connectivity index (χ1n) is 8.95. The molecular weight excluding hydrogens is 418 g/mol. The Morgan fingerprint density at radius 1 is 1.25 bits per heavy atom. The van der Waals surface area contributed by atoms with E-state index >= 15 is 0 Å². The number of allylic oxidation sites excluding steroid dienone is 1. The number of thiazole rings is 1. The second-order valence-corrected chi connectivity index (χ2v) is 10.3. The van der Waals surface area contributed by atoms with Gasteiger partial charge < -0.3 is 0 Å². The highest BCUT2D eigenvalue weighted by Crippen LogP contribution is 2.46. The van der Waals surface area contributed by atoms with Gasteiger partial charge in [0, 0.05) is 17.2 Å². The van der Waals surface area contributed by atoms with E-state index in [9.17, 15) is 13.2 Å². The van der Waals surface area contributed by atoms with Gasteiger partial charge in [0.25, 0.3) is 5.91 Å². The van der Waals surface area contributed by atoms with Crippen molar-refractivity contribution in [3.63, 3.8) is 0 Å². The molecule has 0 bridgehead atoms. The Kier molecular flexibility index (Phi) is 5.35. The van der Waals surface area contributed by atoms with Crippen molar-refractivity contribution in [1.29, 1.82) is 0 Å². The van der Waals surface area contributed by atoms with Crippen molar-refractivity contribution in [3.8, 4) is 0 Å². The molecule has 2 heterocycles. The van der Waals surface area contributed by atoms with Gasteiger partial charge in [-0.05, 0) is 37.3 Å². The number of rotatable bonds is 6. The maximum Gasteiger partial charge on any atom is 0.275 e. The fourth-order valence-electron chi connectivity index (χ4n) is 2.92. The SMILES string of the molecule is O=C(Nc1nc(C2CC2)c(S(=O)(=O)Cc2ccccc2Cl)s1)C1=CCCC=N1. The number of hydrogen-bond acceptors (Lipinski definition) is 6. The van der Waals surface area contributed by atoms with E-state index in [1.165, 1.54) is 0 Å². The molecule has 0 saturated heterocycles. The van der Waals surface area contributed by atoms with Gasteiger partial charge in [0.2, 0.25) is 0 Å². The summed E-state index contributed by atoms with van der Waals surface area (Å²) in [5.74, 6) is -0.441. The topological polar surface area (TPSA) is 88.5 Å². The largest absolute Gasteiger partial charge is 0.296 e. The molecule has 1 aliphatic carbocycles. The van der Waals surface area contributed by atoms with Crippen molar-refractivity contribution in [2.45, 2.75) is 41.6 Å². The second-order valence-electron chi connectivity index (χ2n) is 6.75. The van der Waals surface area contributed by atoms with Gasteiger partial charge in [-0.15, -0.1) is 0 Å². The van der Waals surface area contributed by atoms with Crippen LogP contribution in [0.2, 0.25) is 5.02 Å². The highest BCUT2D eigenvalue weighted by atomic mass is 35.5. The second kappa shape index (κ2) is 7.77. The van der Waals surface area contributed by atoms with E-state index in [0.29, 0.717) is 22.0 Å². The van der Waals surface area contributed by atoms with E-state index in [1.807, 2.05) is 0 Å². The number of halogens is 1. The first-order chi connectivity index (χ1) is 13.4. The lowest BCUT2D eigenvalue weighted by atomic mass is 10.2. The fourth-order valence-corrected chi connectivity index (χ4v) is 6.22. The Bertz CT molecular complexity index is 1090. The van der Waals surface area contributed by atoms with Gasteiger partial charge in [-0.25, -0.2) is 13.4 Å². The molecule has 1 aromatic heterocycles. The third-order valence-corrected chi connectivity index (χ3v) is 8.11. The molecule has 1 N–H and O–H groups in total. The number of nitrogens with zero attached hydrogens (tertiary/aromatic N) is 2. The highest BCUT2D eigenvalue weighted by Gasteiger charge is 2.35. The molecule has 9 heteroatoms. The van der Waals surface area contributed by atoms with E-state index < -0.39 is 9.84 Å². The minimum absolute atomic E-state index is 0.129. The van der Waals surface area contributed by atoms with Gasteiger partial charge in [-0.2, -0.15) is 0 Å². The molecule has 1 amide bonds. The molecule has 0 spiro atoms. The lowest BCUT2D eigenvalue weighted by Crippen LogP contribution is -2.14. The Labute approximate surface area is 172 Å². The molecule has 2 aromatic rings. The minimum atomic E-state index is -3.64. The zero-order valence-corrected chi connectivity index (χ0v) is 17.3. The average molecular weight is 436 g/mol. The van der Waals surface area contributed by atoms with Gasteiger partial charge in [0.1, 0.15) is 9.91 Å². The van der Waals surface area contributed by atoms with Gasteiger partial charge in [0.05, 0.1) is 11.4 Å². The Balaban J connectivity index is 1.61. The third kappa shape index (κ3) is 4.19. The number of aromatic nitrogens is 1. The lowest BCUT2D eigenvalue weighted by molar-refractivity contribution is -0.112. The average Bonchev–Trinajstić information content (AvgIpc) is 3.44. The maximum absolute atomic E-state index is 13.1. The number of amides is 1. The number of aliphatic imine (C=N–C) groups is 1. The van der Waals surface area contributed by atoms with Crippen LogP contribution in [-0.4, -0.2) is 25.5 Å².